The quantitative estimate of drug-likeness (QED) is 0.598. The van der Waals surface area contributed by atoms with E-state index < -0.39 is 0 Å². The molecule has 3 rings (SSSR count). The number of nitrogens with zero attached hydrogens (tertiary/aromatic N) is 1. The van der Waals surface area contributed by atoms with Gasteiger partial charge in [0.15, 0.2) is 0 Å². The highest BCUT2D eigenvalue weighted by molar-refractivity contribution is 6.31. The van der Waals surface area contributed by atoms with E-state index in [4.69, 9.17) is 21.1 Å². The molecule has 0 aromatic heterocycles. The Balaban J connectivity index is 1.46. The van der Waals surface area contributed by atoms with Crippen LogP contribution in [0.25, 0.3) is 0 Å². The van der Waals surface area contributed by atoms with E-state index in [1.165, 1.54) is 6.07 Å². The molecule has 1 aliphatic heterocycles. The molecule has 0 radical (unpaired) electrons. The molecular formula is C24H30ClFN2O3. The molecule has 5 nitrogen and oxygen atoms in total. The lowest BCUT2D eigenvalue weighted by molar-refractivity contribution is -0.121. The van der Waals surface area contributed by atoms with E-state index in [9.17, 15) is 9.18 Å². The lowest BCUT2D eigenvalue weighted by Crippen LogP contribution is -2.36. The van der Waals surface area contributed by atoms with Gasteiger partial charge in [0, 0.05) is 48.3 Å². The average Bonchev–Trinajstić information content (AvgIpc) is 2.79. The topological polar surface area (TPSA) is 50.8 Å². The molecule has 1 unspecified atom stereocenters. The third kappa shape index (κ3) is 6.58. The fourth-order valence-electron chi connectivity index (χ4n) is 4.05. The van der Waals surface area contributed by atoms with Crippen LogP contribution in [0.4, 0.5) is 4.39 Å². The number of carbonyl (C=O) groups is 1. The summed E-state index contributed by atoms with van der Waals surface area (Å²) in [5.41, 5.74) is 1.46. The summed E-state index contributed by atoms with van der Waals surface area (Å²) in [7, 11) is 3.21. The molecule has 1 N–H and O–H groups in total. The van der Waals surface area contributed by atoms with Crippen molar-refractivity contribution in [3.8, 4) is 11.5 Å². The summed E-state index contributed by atoms with van der Waals surface area (Å²) in [5, 5.41) is 3.44. The van der Waals surface area contributed by atoms with Crippen molar-refractivity contribution in [2.75, 3.05) is 27.3 Å². The minimum Gasteiger partial charge on any atom is -0.497 e. The molecule has 168 valence electrons. The number of amides is 1. The Bertz CT molecular complexity index is 873. The number of piperidine rings is 1. The van der Waals surface area contributed by atoms with Crippen LogP contribution in [0, 0.1) is 11.7 Å². The normalized spacial score (nSPS) is 16.7. The van der Waals surface area contributed by atoms with Crippen LogP contribution in [0.5, 0.6) is 11.5 Å². The van der Waals surface area contributed by atoms with E-state index in [-0.39, 0.29) is 11.7 Å². The first kappa shape index (κ1) is 23.4. The SMILES string of the molecule is COc1ccc(CNC(=O)CCC2CCCN(Cc3c(F)cccc3Cl)C2)c(OC)c1. The Morgan fingerprint density at radius 1 is 1.26 bits per heavy atom. The summed E-state index contributed by atoms with van der Waals surface area (Å²) < 4.78 is 24.7. The maximum absolute atomic E-state index is 14.1. The number of methoxy groups -OCH3 is 2. The van der Waals surface area contributed by atoms with Gasteiger partial charge in [0.05, 0.1) is 14.2 Å². The van der Waals surface area contributed by atoms with Gasteiger partial charge in [0.25, 0.3) is 0 Å². The molecule has 0 saturated carbocycles. The molecule has 31 heavy (non-hydrogen) atoms. The zero-order valence-electron chi connectivity index (χ0n) is 18.1. The molecule has 1 amide bonds. The fraction of sp³-hybridized carbons (Fsp3) is 0.458. The van der Waals surface area contributed by atoms with Gasteiger partial charge >= 0.3 is 0 Å². The number of hydrogen-bond donors (Lipinski definition) is 1. The maximum atomic E-state index is 14.1. The van der Waals surface area contributed by atoms with Crippen LogP contribution < -0.4 is 14.8 Å². The summed E-state index contributed by atoms with van der Waals surface area (Å²) >= 11 is 6.18. The van der Waals surface area contributed by atoms with Gasteiger partial charge < -0.3 is 14.8 Å². The summed E-state index contributed by atoms with van der Waals surface area (Å²) in [6, 6.07) is 10.3. The number of hydrogen-bond acceptors (Lipinski definition) is 4. The number of likely N-dealkylation sites (tertiary alicyclic amines) is 1. The molecule has 1 heterocycles. The summed E-state index contributed by atoms with van der Waals surface area (Å²) in [6.07, 6.45) is 3.41. The predicted octanol–water partition coefficient (Wildman–Crippen LogP) is 4.80. The van der Waals surface area contributed by atoms with Crippen LogP contribution in [-0.4, -0.2) is 38.1 Å². The lowest BCUT2D eigenvalue weighted by atomic mass is 9.93. The average molecular weight is 449 g/mol. The Kier molecular flexibility index (Phi) is 8.55. The molecule has 0 bridgehead atoms. The van der Waals surface area contributed by atoms with Crippen LogP contribution in [0.3, 0.4) is 0 Å². The van der Waals surface area contributed by atoms with Crippen LogP contribution in [-0.2, 0) is 17.9 Å². The Hall–Kier alpha value is -2.31. The van der Waals surface area contributed by atoms with E-state index in [1.807, 2.05) is 12.1 Å². The summed E-state index contributed by atoms with van der Waals surface area (Å²) in [4.78, 5) is 14.6. The van der Waals surface area contributed by atoms with Gasteiger partial charge in [-0.2, -0.15) is 0 Å². The zero-order valence-corrected chi connectivity index (χ0v) is 18.9. The van der Waals surface area contributed by atoms with Gasteiger partial charge in [0.1, 0.15) is 17.3 Å². The van der Waals surface area contributed by atoms with Crippen molar-refractivity contribution >= 4 is 17.5 Å². The molecule has 1 aliphatic rings. The van der Waals surface area contributed by atoms with E-state index in [0.717, 1.165) is 37.9 Å². The Morgan fingerprint density at radius 2 is 2.10 bits per heavy atom. The van der Waals surface area contributed by atoms with E-state index in [0.29, 0.717) is 47.5 Å². The van der Waals surface area contributed by atoms with Crippen LogP contribution in [0.15, 0.2) is 36.4 Å². The monoisotopic (exact) mass is 448 g/mol. The number of ether oxygens (including phenoxy) is 2. The third-order valence-corrected chi connectivity index (χ3v) is 6.15. The second-order valence-electron chi connectivity index (χ2n) is 7.94. The molecule has 1 saturated heterocycles. The van der Waals surface area contributed by atoms with Crippen LogP contribution in [0.1, 0.15) is 36.8 Å². The lowest BCUT2D eigenvalue weighted by Gasteiger charge is -2.33. The van der Waals surface area contributed by atoms with E-state index in [2.05, 4.69) is 10.2 Å². The van der Waals surface area contributed by atoms with Crippen molar-refractivity contribution in [2.24, 2.45) is 5.92 Å². The summed E-state index contributed by atoms with van der Waals surface area (Å²) in [6.45, 7) is 2.69. The molecule has 1 atom stereocenters. The first-order chi connectivity index (χ1) is 15.0. The summed E-state index contributed by atoms with van der Waals surface area (Å²) in [5.74, 6) is 1.58. The molecule has 1 fully saturated rings. The highest BCUT2D eigenvalue weighted by Crippen LogP contribution is 2.27. The first-order valence-electron chi connectivity index (χ1n) is 10.6. The van der Waals surface area contributed by atoms with Crippen LogP contribution in [0.2, 0.25) is 5.02 Å². The molecule has 0 spiro atoms. The smallest absolute Gasteiger partial charge is 0.220 e. The van der Waals surface area contributed by atoms with Crippen molar-refractivity contribution < 1.29 is 18.7 Å². The minimum absolute atomic E-state index is 0.0205. The van der Waals surface area contributed by atoms with Crippen molar-refractivity contribution in [3.63, 3.8) is 0 Å². The molecule has 7 heteroatoms. The second-order valence-corrected chi connectivity index (χ2v) is 8.34. The molecule has 2 aromatic rings. The van der Waals surface area contributed by atoms with Gasteiger partial charge in [-0.05, 0) is 56.0 Å². The van der Waals surface area contributed by atoms with E-state index in [1.54, 1.807) is 32.4 Å². The van der Waals surface area contributed by atoms with Crippen molar-refractivity contribution in [2.45, 2.75) is 38.8 Å². The minimum atomic E-state index is -0.261. The second kappa shape index (κ2) is 11.3. The zero-order chi connectivity index (χ0) is 22.2. The number of nitrogens with one attached hydrogen (secondary N) is 1. The van der Waals surface area contributed by atoms with Crippen molar-refractivity contribution in [1.29, 1.82) is 0 Å². The Morgan fingerprint density at radius 3 is 2.84 bits per heavy atom. The van der Waals surface area contributed by atoms with Crippen LogP contribution >= 0.6 is 11.6 Å². The maximum Gasteiger partial charge on any atom is 0.220 e. The van der Waals surface area contributed by atoms with Gasteiger partial charge in [-0.3, -0.25) is 9.69 Å². The van der Waals surface area contributed by atoms with Crippen molar-refractivity contribution in [3.05, 3.63) is 58.4 Å². The van der Waals surface area contributed by atoms with Gasteiger partial charge in [0.2, 0.25) is 5.91 Å². The first-order valence-corrected chi connectivity index (χ1v) is 11.0. The fourth-order valence-corrected chi connectivity index (χ4v) is 4.28. The van der Waals surface area contributed by atoms with E-state index >= 15 is 0 Å². The number of halogens is 2. The highest BCUT2D eigenvalue weighted by Gasteiger charge is 2.22. The largest absolute Gasteiger partial charge is 0.497 e. The molecule has 0 aliphatic carbocycles. The number of carbonyl (C=O) groups excluding carboxylic acids is 1. The standard InChI is InChI=1S/C24H30ClFN2O3/c1-30-19-10-9-18(23(13-19)31-2)14-27-24(29)11-8-17-5-4-12-28(15-17)16-20-21(25)6-3-7-22(20)26/h3,6-7,9-10,13,17H,4-5,8,11-12,14-16H2,1-2H3,(H,27,29). The highest BCUT2D eigenvalue weighted by atomic mass is 35.5. The number of rotatable bonds is 9. The van der Waals surface area contributed by atoms with Gasteiger partial charge in [-0.15, -0.1) is 0 Å². The van der Waals surface area contributed by atoms with Gasteiger partial charge in [-0.1, -0.05) is 17.7 Å². The van der Waals surface area contributed by atoms with Gasteiger partial charge in [-0.25, -0.2) is 4.39 Å². The van der Waals surface area contributed by atoms with Crippen molar-refractivity contribution in [1.82, 2.24) is 10.2 Å². The third-order valence-electron chi connectivity index (χ3n) is 5.80. The molecular weight excluding hydrogens is 419 g/mol. The number of benzene rings is 2. The molecule has 2 aromatic carbocycles. The predicted molar refractivity (Wildman–Crippen MR) is 120 cm³/mol. The Labute approximate surface area is 188 Å².